The van der Waals surface area contributed by atoms with Gasteiger partial charge in [-0.25, -0.2) is 0 Å². The van der Waals surface area contributed by atoms with Gasteiger partial charge in [-0.3, -0.25) is 0 Å². The molecule has 0 fully saturated rings. The quantitative estimate of drug-likeness (QED) is 0.733. The van der Waals surface area contributed by atoms with Gasteiger partial charge in [-0.15, -0.1) is 0 Å². The molecule has 13 heavy (non-hydrogen) atoms. The molecule has 0 atom stereocenters. The molecule has 3 heteroatoms. The number of hydrogen-bond acceptors (Lipinski definition) is 2. The third-order valence-electron chi connectivity index (χ3n) is 2.38. The van der Waals surface area contributed by atoms with Gasteiger partial charge in [0.25, 0.3) is 0 Å². The molecule has 0 saturated carbocycles. The Labute approximate surface area is 80.7 Å². The van der Waals surface area contributed by atoms with E-state index < -0.39 is 8.07 Å². The Morgan fingerprint density at radius 3 is 2.15 bits per heavy atom. The molecule has 1 rings (SSSR count). The highest BCUT2D eigenvalue weighted by atomic mass is 28.3. The van der Waals surface area contributed by atoms with Crippen molar-refractivity contribution in [3.63, 3.8) is 0 Å². The van der Waals surface area contributed by atoms with Gasteiger partial charge in [0.15, 0.2) is 0 Å². The van der Waals surface area contributed by atoms with E-state index in [2.05, 4.69) is 25.2 Å². The molecule has 1 aromatic rings. The molecule has 2 nitrogen and oxygen atoms in total. The van der Waals surface area contributed by atoms with Crippen LogP contribution in [0.5, 0.6) is 5.75 Å². The lowest BCUT2D eigenvalue weighted by Gasteiger charge is -2.20. The Bertz CT molecular complexity index is 269. The number of benzene rings is 1. The molecule has 0 aliphatic rings. The van der Waals surface area contributed by atoms with Crippen molar-refractivity contribution in [3.05, 3.63) is 24.3 Å². The highest BCUT2D eigenvalue weighted by Gasteiger charge is 2.20. The van der Waals surface area contributed by atoms with E-state index in [-0.39, 0.29) is 0 Å². The molecule has 0 unspecified atom stereocenters. The molecule has 0 aliphatic heterocycles. The van der Waals surface area contributed by atoms with E-state index in [0.29, 0.717) is 0 Å². The summed E-state index contributed by atoms with van der Waals surface area (Å²) < 4.78 is 5.10. The van der Waals surface area contributed by atoms with E-state index in [4.69, 9.17) is 10.5 Å². The number of methoxy groups -OCH3 is 1. The summed E-state index contributed by atoms with van der Waals surface area (Å²) in [5, 5.41) is 1.39. The van der Waals surface area contributed by atoms with Crippen LogP contribution in [-0.4, -0.2) is 21.4 Å². The van der Waals surface area contributed by atoms with Crippen LogP contribution in [0.15, 0.2) is 24.3 Å². The van der Waals surface area contributed by atoms with E-state index in [9.17, 15) is 0 Å². The number of rotatable bonds is 3. The maximum atomic E-state index is 5.74. The number of ether oxygens (including phenoxy) is 1. The third kappa shape index (κ3) is 2.32. The van der Waals surface area contributed by atoms with Crippen molar-refractivity contribution < 1.29 is 4.74 Å². The van der Waals surface area contributed by atoms with Gasteiger partial charge >= 0.3 is 0 Å². The van der Waals surface area contributed by atoms with Crippen LogP contribution in [0.3, 0.4) is 0 Å². The van der Waals surface area contributed by atoms with Crippen LogP contribution in [0.25, 0.3) is 0 Å². The summed E-state index contributed by atoms with van der Waals surface area (Å²) in [7, 11) is 0.314. The van der Waals surface area contributed by atoms with E-state index in [1.54, 1.807) is 7.11 Å². The van der Waals surface area contributed by atoms with Crippen LogP contribution in [0.2, 0.25) is 13.1 Å². The molecule has 0 amide bonds. The minimum atomic E-state index is -1.37. The predicted octanol–water partition coefficient (Wildman–Crippen LogP) is 1.11. The molecule has 0 aliphatic carbocycles. The summed E-state index contributed by atoms with van der Waals surface area (Å²) in [6.07, 6.45) is 0.791. The molecule has 2 N–H and O–H groups in total. The lowest BCUT2D eigenvalue weighted by Crippen LogP contribution is -2.48. The summed E-state index contributed by atoms with van der Waals surface area (Å²) in [6.45, 7) is 4.55. The fourth-order valence-corrected chi connectivity index (χ4v) is 2.46. The van der Waals surface area contributed by atoms with Gasteiger partial charge in [0.2, 0.25) is 0 Å². The monoisotopic (exact) mass is 195 g/mol. The van der Waals surface area contributed by atoms with E-state index in [1.807, 2.05) is 12.1 Å². The zero-order valence-electron chi connectivity index (χ0n) is 8.50. The van der Waals surface area contributed by atoms with Gasteiger partial charge in [0, 0.05) is 0 Å². The third-order valence-corrected chi connectivity index (χ3v) is 5.30. The normalized spacial score (nSPS) is 11.4. The zero-order chi connectivity index (χ0) is 9.90. The second-order valence-corrected chi connectivity index (χ2v) is 8.57. The average molecular weight is 195 g/mol. The SMILES string of the molecule is COc1ccc([Si](C)(C)CN)cc1. The van der Waals surface area contributed by atoms with Gasteiger partial charge < -0.3 is 10.5 Å². The van der Waals surface area contributed by atoms with Crippen molar-refractivity contribution in [2.75, 3.05) is 13.3 Å². The Morgan fingerprint density at radius 1 is 1.23 bits per heavy atom. The highest BCUT2D eigenvalue weighted by molar-refractivity contribution is 6.89. The van der Waals surface area contributed by atoms with Crippen LogP contribution in [0.1, 0.15) is 0 Å². The van der Waals surface area contributed by atoms with Crippen molar-refractivity contribution in [3.8, 4) is 5.75 Å². The van der Waals surface area contributed by atoms with Gasteiger partial charge in [0.05, 0.1) is 15.2 Å². The first-order valence-electron chi connectivity index (χ1n) is 4.45. The van der Waals surface area contributed by atoms with E-state index >= 15 is 0 Å². The van der Waals surface area contributed by atoms with E-state index in [1.165, 1.54) is 5.19 Å². The largest absolute Gasteiger partial charge is 0.497 e. The van der Waals surface area contributed by atoms with Crippen molar-refractivity contribution in [1.29, 1.82) is 0 Å². The summed E-state index contributed by atoms with van der Waals surface area (Å²) in [6, 6.07) is 8.25. The molecule has 0 radical (unpaired) electrons. The van der Waals surface area contributed by atoms with Crippen LogP contribution >= 0.6 is 0 Å². The van der Waals surface area contributed by atoms with Crippen molar-refractivity contribution in [2.45, 2.75) is 13.1 Å². The lowest BCUT2D eigenvalue weighted by molar-refractivity contribution is 0.415. The van der Waals surface area contributed by atoms with Crippen LogP contribution < -0.4 is 15.7 Å². The predicted molar refractivity (Wildman–Crippen MR) is 59.2 cm³/mol. The molecule has 0 heterocycles. The minimum absolute atomic E-state index is 0.791. The Balaban J connectivity index is 2.92. The van der Waals surface area contributed by atoms with Gasteiger partial charge in [-0.05, 0) is 18.3 Å². The van der Waals surface area contributed by atoms with Gasteiger partial charge in [-0.1, -0.05) is 30.4 Å². The van der Waals surface area contributed by atoms with Crippen molar-refractivity contribution >= 4 is 13.3 Å². The fourth-order valence-electron chi connectivity index (χ4n) is 1.16. The minimum Gasteiger partial charge on any atom is -0.497 e. The first kappa shape index (κ1) is 10.3. The first-order valence-corrected chi connectivity index (χ1v) is 7.65. The molecule has 0 bridgehead atoms. The summed E-state index contributed by atoms with van der Waals surface area (Å²) >= 11 is 0. The number of hydrogen-bond donors (Lipinski definition) is 1. The Kier molecular flexibility index (Phi) is 3.11. The smallest absolute Gasteiger partial charge is 0.118 e. The molecule has 0 spiro atoms. The molecule has 72 valence electrons. The average Bonchev–Trinajstić information content (AvgIpc) is 2.18. The second kappa shape index (κ2) is 3.94. The maximum Gasteiger partial charge on any atom is 0.118 e. The Hall–Kier alpha value is -0.803. The molecular formula is C10H17NOSi. The topological polar surface area (TPSA) is 35.2 Å². The van der Waals surface area contributed by atoms with E-state index in [0.717, 1.165) is 11.9 Å². The van der Waals surface area contributed by atoms with Crippen LogP contribution in [0.4, 0.5) is 0 Å². The van der Waals surface area contributed by atoms with Crippen molar-refractivity contribution in [2.24, 2.45) is 5.73 Å². The summed E-state index contributed by atoms with van der Waals surface area (Å²) in [5.41, 5.74) is 5.74. The van der Waals surface area contributed by atoms with Crippen molar-refractivity contribution in [1.82, 2.24) is 0 Å². The van der Waals surface area contributed by atoms with Gasteiger partial charge in [0.1, 0.15) is 5.75 Å². The zero-order valence-corrected chi connectivity index (χ0v) is 9.50. The molecule has 1 aromatic carbocycles. The maximum absolute atomic E-state index is 5.74. The molecule has 0 saturated heterocycles. The van der Waals surface area contributed by atoms with Gasteiger partial charge in [-0.2, -0.15) is 0 Å². The Morgan fingerprint density at radius 2 is 1.77 bits per heavy atom. The second-order valence-electron chi connectivity index (χ2n) is 3.82. The van der Waals surface area contributed by atoms with Crippen LogP contribution in [-0.2, 0) is 0 Å². The highest BCUT2D eigenvalue weighted by Crippen LogP contribution is 2.09. The first-order chi connectivity index (χ1) is 6.10. The lowest BCUT2D eigenvalue weighted by atomic mass is 10.3. The molecular weight excluding hydrogens is 178 g/mol. The summed E-state index contributed by atoms with van der Waals surface area (Å²) in [4.78, 5) is 0. The standard InChI is InChI=1S/C10H17NOSi/c1-12-9-4-6-10(7-5-9)13(2,3)8-11/h4-7H,8,11H2,1-3H3. The van der Waals surface area contributed by atoms with Crippen LogP contribution in [0, 0.1) is 0 Å². The molecule has 0 aromatic heterocycles. The fraction of sp³-hybridized carbons (Fsp3) is 0.400. The number of nitrogens with two attached hydrogens (primary N) is 1. The summed E-state index contributed by atoms with van der Waals surface area (Å²) in [5.74, 6) is 0.908.